The molecule has 0 aliphatic carbocycles. The van der Waals surface area contributed by atoms with E-state index in [0.717, 1.165) is 10.8 Å². The molecular weight excluding hydrogens is 322 g/mol. The molecule has 0 unspecified atom stereocenters. The van der Waals surface area contributed by atoms with Crippen molar-refractivity contribution in [2.75, 3.05) is 0 Å². The number of fused-ring (bicyclic) bond motifs is 1. The molecular formula is C14H8BrN3O2. The van der Waals surface area contributed by atoms with Gasteiger partial charge < -0.3 is 5.11 Å². The van der Waals surface area contributed by atoms with Gasteiger partial charge >= 0.3 is 5.97 Å². The summed E-state index contributed by atoms with van der Waals surface area (Å²) in [7, 11) is 0. The van der Waals surface area contributed by atoms with Crippen molar-refractivity contribution in [2.45, 2.75) is 0 Å². The number of hydrogen-bond donors (Lipinski definition) is 1. The van der Waals surface area contributed by atoms with E-state index in [9.17, 15) is 4.79 Å². The highest BCUT2D eigenvalue weighted by Crippen LogP contribution is 2.25. The molecule has 20 heavy (non-hydrogen) atoms. The third-order valence-electron chi connectivity index (χ3n) is 2.83. The lowest BCUT2D eigenvalue weighted by Crippen LogP contribution is -2.05. The Bertz CT molecular complexity index is 815. The molecule has 0 amide bonds. The normalized spacial score (nSPS) is 10.7. The number of benzene rings is 1. The number of aromatic nitrogens is 3. The zero-order chi connectivity index (χ0) is 14.1. The van der Waals surface area contributed by atoms with Crippen molar-refractivity contribution in [3.8, 4) is 11.5 Å². The van der Waals surface area contributed by atoms with E-state index in [1.807, 2.05) is 30.3 Å². The molecule has 3 aromatic rings. The lowest BCUT2D eigenvalue weighted by Gasteiger charge is -2.05. The summed E-state index contributed by atoms with van der Waals surface area (Å²) in [6.07, 6.45) is 3.08. The van der Waals surface area contributed by atoms with Gasteiger partial charge in [-0.15, -0.1) is 0 Å². The number of nitrogens with zero attached hydrogens (tertiary/aromatic N) is 3. The van der Waals surface area contributed by atoms with Crippen LogP contribution in [0.4, 0.5) is 0 Å². The van der Waals surface area contributed by atoms with Crippen LogP contribution in [0, 0.1) is 0 Å². The van der Waals surface area contributed by atoms with Gasteiger partial charge in [-0.05, 0) is 27.4 Å². The quantitative estimate of drug-likeness (QED) is 0.781. The monoisotopic (exact) mass is 329 g/mol. The van der Waals surface area contributed by atoms with Crippen molar-refractivity contribution >= 4 is 32.7 Å². The molecule has 0 aliphatic heterocycles. The van der Waals surface area contributed by atoms with Crippen LogP contribution >= 0.6 is 15.9 Å². The van der Waals surface area contributed by atoms with Crippen LogP contribution in [0.15, 0.2) is 47.2 Å². The average molecular weight is 330 g/mol. The van der Waals surface area contributed by atoms with E-state index in [2.05, 4.69) is 30.9 Å². The zero-order valence-corrected chi connectivity index (χ0v) is 11.7. The summed E-state index contributed by atoms with van der Waals surface area (Å²) in [5.74, 6) is -0.817. The van der Waals surface area contributed by atoms with Gasteiger partial charge in [0.25, 0.3) is 0 Å². The van der Waals surface area contributed by atoms with Crippen LogP contribution in [0.5, 0.6) is 0 Å². The molecule has 98 valence electrons. The number of hydrogen-bond acceptors (Lipinski definition) is 4. The second-order valence-electron chi connectivity index (χ2n) is 4.08. The number of rotatable bonds is 2. The van der Waals surface area contributed by atoms with Gasteiger partial charge in [0, 0.05) is 17.8 Å². The summed E-state index contributed by atoms with van der Waals surface area (Å²) in [4.78, 5) is 23.6. The topological polar surface area (TPSA) is 76.0 Å². The van der Waals surface area contributed by atoms with Gasteiger partial charge in [0.1, 0.15) is 5.69 Å². The number of pyridine rings is 1. The number of carboxylic acids is 1. The molecule has 0 atom stereocenters. The van der Waals surface area contributed by atoms with E-state index in [4.69, 9.17) is 5.11 Å². The minimum Gasteiger partial charge on any atom is -0.476 e. The van der Waals surface area contributed by atoms with Crippen molar-refractivity contribution in [3.05, 3.63) is 52.9 Å². The summed E-state index contributed by atoms with van der Waals surface area (Å²) in [5, 5.41) is 11.0. The highest BCUT2D eigenvalue weighted by atomic mass is 79.9. The Morgan fingerprint density at radius 1 is 1.15 bits per heavy atom. The van der Waals surface area contributed by atoms with E-state index < -0.39 is 5.97 Å². The van der Waals surface area contributed by atoms with Crippen molar-refractivity contribution < 1.29 is 9.90 Å². The highest BCUT2D eigenvalue weighted by molar-refractivity contribution is 9.10. The summed E-state index contributed by atoms with van der Waals surface area (Å²) in [6.45, 7) is 0. The first-order valence-corrected chi connectivity index (χ1v) is 6.56. The molecule has 2 heterocycles. The molecule has 2 aromatic heterocycles. The third-order valence-corrected chi connectivity index (χ3v) is 3.41. The van der Waals surface area contributed by atoms with Crippen LogP contribution in [-0.4, -0.2) is 26.0 Å². The Balaban J connectivity index is 2.26. The Hall–Kier alpha value is -2.34. The maximum absolute atomic E-state index is 11.1. The molecule has 3 rings (SSSR count). The van der Waals surface area contributed by atoms with Crippen molar-refractivity contribution in [1.82, 2.24) is 15.0 Å². The van der Waals surface area contributed by atoms with Gasteiger partial charge in [0.05, 0.1) is 4.47 Å². The van der Waals surface area contributed by atoms with Crippen LogP contribution < -0.4 is 0 Å². The van der Waals surface area contributed by atoms with Crippen LogP contribution in [0.1, 0.15) is 10.5 Å². The minimum atomic E-state index is -1.11. The van der Waals surface area contributed by atoms with E-state index in [-0.39, 0.29) is 5.69 Å². The van der Waals surface area contributed by atoms with Crippen LogP contribution in [0.25, 0.3) is 22.3 Å². The van der Waals surface area contributed by atoms with Gasteiger partial charge in [-0.3, -0.25) is 4.98 Å². The molecule has 5 nitrogen and oxygen atoms in total. The van der Waals surface area contributed by atoms with Gasteiger partial charge in [0.15, 0.2) is 11.5 Å². The van der Waals surface area contributed by atoms with Crippen molar-refractivity contribution in [2.24, 2.45) is 0 Å². The molecule has 0 fully saturated rings. The predicted molar refractivity (Wildman–Crippen MR) is 77.4 cm³/mol. The molecule has 0 aliphatic rings. The third kappa shape index (κ3) is 2.14. The van der Waals surface area contributed by atoms with Crippen molar-refractivity contribution in [1.29, 1.82) is 0 Å². The van der Waals surface area contributed by atoms with Crippen LogP contribution in [0.3, 0.4) is 0 Å². The Morgan fingerprint density at radius 3 is 2.75 bits per heavy atom. The lowest BCUT2D eigenvalue weighted by atomic mass is 10.1. The second kappa shape index (κ2) is 4.97. The largest absolute Gasteiger partial charge is 0.476 e. The highest BCUT2D eigenvalue weighted by Gasteiger charge is 2.15. The molecule has 1 N–H and O–H groups in total. The van der Waals surface area contributed by atoms with Gasteiger partial charge in [0.2, 0.25) is 0 Å². The molecule has 0 spiro atoms. The first-order chi connectivity index (χ1) is 9.66. The first kappa shape index (κ1) is 12.7. The summed E-state index contributed by atoms with van der Waals surface area (Å²) < 4.78 is 0.342. The SMILES string of the molecule is O=C(O)c1nc(-c2nccc3ccccc23)ncc1Br. The molecule has 0 saturated heterocycles. The number of aromatic carboxylic acids is 1. The van der Waals surface area contributed by atoms with Crippen LogP contribution in [0.2, 0.25) is 0 Å². The molecule has 0 saturated carbocycles. The first-order valence-electron chi connectivity index (χ1n) is 5.77. The fourth-order valence-electron chi connectivity index (χ4n) is 1.93. The van der Waals surface area contributed by atoms with E-state index >= 15 is 0 Å². The van der Waals surface area contributed by atoms with Gasteiger partial charge in [-0.1, -0.05) is 24.3 Å². The van der Waals surface area contributed by atoms with Gasteiger partial charge in [-0.2, -0.15) is 0 Å². The molecule has 1 aromatic carbocycles. The van der Waals surface area contributed by atoms with Crippen LogP contribution in [-0.2, 0) is 0 Å². The molecule has 0 bridgehead atoms. The number of carbonyl (C=O) groups is 1. The Kier molecular flexibility index (Phi) is 3.15. The summed E-state index contributed by atoms with van der Waals surface area (Å²) >= 11 is 3.13. The standard InChI is InChI=1S/C14H8BrN3O2/c15-10-7-17-13(18-12(10)14(19)20)11-9-4-2-1-3-8(9)5-6-16-11/h1-7H,(H,19,20). The fourth-order valence-corrected chi connectivity index (χ4v) is 2.29. The molecule has 6 heteroatoms. The maximum atomic E-state index is 11.1. The minimum absolute atomic E-state index is 0.0789. The van der Waals surface area contributed by atoms with E-state index in [1.54, 1.807) is 6.20 Å². The molecule has 0 radical (unpaired) electrons. The van der Waals surface area contributed by atoms with Crippen molar-refractivity contribution in [3.63, 3.8) is 0 Å². The number of carboxylic acid groups (broad SMARTS) is 1. The lowest BCUT2D eigenvalue weighted by molar-refractivity contribution is 0.0689. The fraction of sp³-hybridized carbons (Fsp3) is 0. The van der Waals surface area contributed by atoms with Gasteiger partial charge in [-0.25, -0.2) is 14.8 Å². The zero-order valence-electron chi connectivity index (χ0n) is 10.1. The van der Waals surface area contributed by atoms with E-state index in [1.165, 1.54) is 6.20 Å². The average Bonchev–Trinajstić information content (AvgIpc) is 2.47. The summed E-state index contributed by atoms with van der Waals surface area (Å²) in [5.41, 5.74) is 0.489. The number of halogens is 1. The summed E-state index contributed by atoms with van der Waals surface area (Å²) in [6, 6.07) is 9.57. The predicted octanol–water partition coefficient (Wildman–Crippen LogP) is 3.15. The Labute approximate surface area is 122 Å². The Morgan fingerprint density at radius 2 is 1.95 bits per heavy atom. The smallest absolute Gasteiger partial charge is 0.355 e. The second-order valence-corrected chi connectivity index (χ2v) is 4.93. The van der Waals surface area contributed by atoms with E-state index in [0.29, 0.717) is 16.0 Å². The maximum Gasteiger partial charge on any atom is 0.355 e.